The summed E-state index contributed by atoms with van der Waals surface area (Å²) in [6.45, 7) is 0.256. The minimum atomic E-state index is -4.55. The number of nitrogens with zero attached hydrogens (tertiary/aromatic N) is 2. The zero-order chi connectivity index (χ0) is 15.2. The number of carbonyl (C=O) groups excluding carboxylic acids is 2. The molecule has 112 valence electrons. The van der Waals surface area contributed by atoms with Crippen molar-refractivity contribution in [1.82, 2.24) is 9.21 Å². The van der Waals surface area contributed by atoms with Gasteiger partial charge in [-0.15, -0.1) is 0 Å². The predicted molar refractivity (Wildman–Crippen MR) is 72.8 cm³/mol. The number of urea groups is 1. The molecule has 0 bridgehead atoms. The Bertz CT molecular complexity index is 690. The third kappa shape index (κ3) is 2.24. The first-order valence-corrected chi connectivity index (χ1v) is 7.72. The van der Waals surface area contributed by atoms with Gasteiger partial charge in [-0.1, -0.05) is 18.2 Å². The lowest BCUT2D eigenvalue weighted by Crippen LogP contribution is -2.68. The minimum Gasteiger partial charge on any atom is -0.310 e. The molecular weight excluding hydrogens is 298 g/mol. The molecule has 2 atom stereocenters. The van der Waals surface area contributed by atoms with Gasteiger partial charge in [0.2, 0.25) is 0 Å². The van der Waals surface area contributed by atoms with Crippen molar-refractivity contribution in [2.45, 2.75) is 18.5 Å². The van der Waals surface area contributed by atoms with Gasteiger partial charge in [0.05, 0.1) is 6.04 Å². The van der Waals surface area contributed by atoms with E-state index in [2.05, 4.69) is 5.32 Å². The molecule has 3 rings (SSSR count). The number of β-lactam (4-membered cyclic amide) rings is 1. The molecule has 1 aromatic rings. The Labute approximate surface area is 121 Å². The number of likely N-dealkylation sites (tertiary alicyclic amines) is 1. The van der Waals surface area contributed by atoms with Crippen LogP contribution in [0.15, 0.2) is 30.3 Å². The number of carbonyl (C=O) groups is 2. The molecule has 2 saturated heterocycles. The Hall–Kier alpha value is -2.13. The summed E-state index contributed by atoms with van der Waals surface area (Å²) in [4.78, 5) is 25.3. The quantitative estimate of drug-likeness (QED) is 0.603. The molecular formula is C12H13N3O5S. The van der Waals surface area contributed by atoms with Gasteiger partial charge in [0.25, 0.3) is 5.91 Å². The highest BCUT2D eigenvalue weighted by molar-refractivity contribution is 7.84. The molecule has 0 aromatic heterocycles. The zero-order valence-electron chi connectivity index (χ0n) is 10.8. The highest BCUT2D eigenvalue weighted by Gasteiger charge is 2.60. The van der Waals surface area contributed by atoms with Crippen molar-refractivity contribution in [3.63, 3.8) is 0 Å². The van der Waals surface area contributed by atoms with Crippen molar-refractivity contribution in [2.75, 3.05) is 11.9 Å². The van der Waals surface area contributed by atoms with Crippen LogP contribution in [0.1, 0.15) is 6.42 Å². The molecule has 0 spiro atoms. The van der Waals surface area contributed by atoms with Crippen molar-refractivity contribution in [3.8, 4) is 0 Å². The lowest BCUT2D eigenvalue weighted by Gasteiger charge is -2.42. The van der Waals surface area contributed by atoms with Gasteiger partial charge >= 0.3 is 16.3 Å². The number of fused-ring (bicyclic) bond motifs is 1. The first-order valence-electron chi connectivity index (χ1n) is 6.33. The Morgan fingerprint density at radius 3 is 2.57 bits per heavy atom. The maximum absolute atomic E-state index is 12.1. The van der Waals surface area contributed by atoms with E-state index in [9.17, 15) is 18.0 Å². The second-order valence-electron chi connectivity index (χ2n) is 4.90. The van der Waals surface area contributed by atoms with Crippen LogP contribution in [0.25, 0.3) is 0 Å². The second kappa shape index (κ2) is 4.71. The number of hydrogen-bond donors (Lipinski definition) is 2. The Morgan fingerprint density at radius 1 is 1.29 bits per heavy atom. The minimum absolute atomic E-state index is 0.256. The molecule has 9 heteroatoms. The summed E-state index contributed by atoms with van der Waals surface area (Å²) in [5.41, 5.74) is 0.587. The van der Waals surface area contributed by atoms with Crippen LogP contribution >= 0.6 is 0 Å². The zero-order valence-corrected chi connectivity index (χ0v) is 11.7. The lowest BCUT2D eigenvalue weighted by molar-refractivity contribution is -0.143. The third-order valence-electron chi connectivity index (χ3n) is 3.67. The summed E-state index contributed by atoms with van der Waals surface area (Å²) in [5.74, 6) is -0.775. The summed E-state index contributed by atoms with van der Waals surface area (Å²) < 4.78 is 31.6. The predicted octanol–water partition coefficient (Wildman–Crippen LogP) is 0.306. The first-order chi connectivity index (χ1) is 9.89. The van der Waals surface area contributed by atoms with Crippen LogP contribution in [0.4, 0.5) is 10.5 Å². The van der Waals surface area contributed by atoms with E-state index in [1.165, 1.54) is 4.90 Å². The van der Waals surface area contributed by atoms with Gasteiger partial charge < -0.3 is 10.2 Å². The maximum Gasteiger partial charge on any atom is 0.362 e. The van der Waals surface area contributed by atoms with E-state index < -0.39 is 34.3 Å². The van der Waals surface area contributed by atoms with E-state index in [-0.39, 0.29) is 6.54 Å². The SMILES string of the molecule is O=C(Nc1ccccc1)N1CC[C@@H]2[C@@H]1C(=O)N2S(=O)(=O)O. The number of nitrogens with one attached hydrogen (secondary N) is 1. The summed E-state index contributed by atoms with van der Waals surface area (Å²) in [6.07, 6.45) is 0.318. The lowest BCUT2D eigenvalue weighted by atomic mass is 10.0. The molecule has 2 N–H and O–H groups in total. The fourth-order valence-electron chi connectivity index (χ4n) is 2.76. The van der Waals surface area contributed by atoms with Crippen molar-refractivity contribution in [2.24, 2.45) is 0 Å². The van der Waals surface area contributed by atoms with Gasteiger partial charge in [-0.25, -0.2) is 9.10 Å². The standard InChI is InChI=1S/C12H13N3O5S/c16-11-10-9(15(11)21(18,19)20)6-7-14(10)12(17)13-8-4-2-1-3-5-8/h1-5,9-10H,6-7H2,(H,13,17)(H,18,19,20)/t9-,10-/m1/s1. The maximum atomic E-state index is 12.1. The highest BCUT2D eigenvalue weighted by atomic mass is 32.2. The van der Waals surface area contributed by atoms with Crippen LogP contribution in [0.5, 0.6) is 0 Å². The average Bonchev–Trinajstić information content (AvgIpc) is 2.77. The van der Waals surface area contributed by atoms with E-state index in [1.54, 1.807) is 30.3 Å². The summed E-state index contributed by atoms with van der Waals surface area (Å²) in [7, 11) is -4.55. The summed E-state index contributed by atoms with van der Waals surface area (Å²) in [5, 5.41) is 2.65. The van der Waals surface area contributed by atoms with Gasteiger partial charge in [0.15, 0.2) is 0 Å². The van der Waals surface area contributed by atoms with Crippen LogP contribution < -0.4 is 5.32 Å². The highest BCUT2D eigenvalue weighted by Crippen LogP contribution is 2.35. The van der Waals surface area contributed by atoms with Gasteiger partial charge in [-0.2, -0.15) is 8.42 Å². The fourth-order valence-corrected chi connectivity index (χ4v) is 3.66. The molecule has 0 aliphatic carbocycles. The van der Waals surface area contributed by atoms with E-state index in [0.29, 0.717) is 16.4 Å². The van der Waals surface area contributed by atoms with Crippen LogP contribution in [-0.4, -0.2) is 52.7 Å². The van der Waals surface area contributed by atoms with E-state index in [0.717, 1.165) is 0 Å². The van der Waals surface area contributed by atoms with Gasteiger partial charge in [0.1, 0.15) is 6.04 Å². The number of rotatable bonds is 2. The summed E-state index contributed by atoms with van der Waals surface area (Å²) in [6, 6.07) is 6.79. The number of amides is 3. The molecule has 2 aliphatic heterocycles. The molecule has 3 amide bonds. The molecule has 0 saturated carbocycles. The summed E-state index contributed by atoms with van der Waals surface area (Å²) >= 11 is 0. The molecule has 0 unspecified atom stereocenters. The number of para-hydroxylation sites is 1. The van der Waals surface area contributed by atoms with Crippen molar-refractivity contribution >= 4 is 27.9 Å². The Balaban J connectivity index is 1.72. The monoisotopic (exact) mass is 311 g/mol. The Kier molecular flexibility index (Phi) is 3.10. The second-order valence-corrected chi connectivity index (χ2v) is 6.19. The molecule has 2 aliphatic rings. The van der Waals surface area contributed by atoms with E-state index >= 15 is 0 Å². The van der Waals surface area contributed by atoms with Crippen LogP contribution in [0, 0.1) is 0 Å². The molecule has 21 heavy (non-hydrogen) atoms. The van der Waals surface area contributed by atoms with Gasteiger partial charge in [-0.3, -0.25) is 9.35 Å². The van der Waals surface area contributed by atoms with Crippen molar-refractivity contribution in [3.05, 3.63) is 30.3 Å². The smallest absolute Gasteiger partial charge is 0.310 e. The van der Waals surface area contributed by atoms with E-state index in [4.69, 9.17) is 4.55 Å². The van der Waals surface area contributed by atoms with Gasteiger partial charge in [-0.05, 0) is 18.6 Å². The molecule has 1 aromatic carbocycles. The number of hydrogen-bond acceptors (Lipinski definition) is 4. The molecule has 8 nitrogen and oxygen atoms in total. The number of benzene rings is 1. The Morgan fingerprint density at radius 2 is 1.95 bits per heavy atom. The van der Waals surface area contributed by atoms with Crippen molar-refractivity contribution in [1.29, 1.82) is 0 Å². The van der Waals surface area contributed by atoms with Crippen LogP contribution in [0.2, 0.25) is 0 Å². The largest absolute Gasteiger partial charge is 0.362 e. The van der Waals surface area contributed by atoms with Crippen LogP contribution in [-0.2, 0) is 15.1 Å². The molecule has 2 fully saturated rings. The van der Waals surface area contributed by atoms with E-state index in [1.807, 2.05) is 0 Å². The topological polar surface area (TPSA) is 107 Å². The fraction of sp³-hybridized carbons (Fsp3) is 0.333. The van der Waals surface area contributed by atoms with Gasteiger partial charge in [0, 0.05) is 12.2 Å². The molecule has 2 heterocycles. The van der Waals surface area contributed by atoms with Crippen molar-refractivity contribution < 1.29 is 22.6 Å². The molecule has 0 radical (unpaired) electrons. The normalized spacial score (nSPS) is 24.5. The average molecular weight is 311 g/mol. The number of anilines is 1. The van der Waals surface area contributed by atoms with Crippen LogP contribution in [0.3, 0.4) is 0 Å². The third-order valence-corrected chi connectivity index (χ3v) is 4.62. The first kappa shape index (κ1) is 13.8.